The minimum absolute atomic E-state index is 0.177. The summed E-state index contributed by atoms with van der Waals surface area (Å²) >= 11 is 0. The highest BCUT2D eigenvalue weighted by Crippen LogP contribution is 2.41. The number of hydrogen-bond donors (Lipinski definition) is 1. The molecular formula is C15H20O2. The first-order valence-corrected chi connectivity index (χ1v) is 6.48. The molecule has 92 valence electrons. The van der Waals surface area contributed by atoms with Crippen LogP contribution in [0.1, 0.15) is 44.6 Å². The van der Waals surface area contributed by atoms with Crippen molar-refractivity contribution in [2.24, 2.45) is 0 Å². The maximum absolute atomic E-state index is 12.3. The van der Waals surface area contributed by atoms with Crippen LogP contribution >= 0.6 is 0 Å². The lowest BCUT2D eigenvalue weighted by Crippen LogP contribution is -2.48. The molecule has 0 spiro atoms. The van der Waals surface area contributed by atoms with Gasteiger partial charge >= 0.3 is 0 Å². The fraction of sp³-hybridized carbons (Fsp3) is 0.533. The smallest absolute Gasteiger partial charge is 0.145 e. The number of carbonyl (C=O) groups excluding carboxylic acids is 1. The van der Waals surface area contributed by atoms with Crippen LogP contribution in [0.15, 0.2) is 30.3 Å². The Balaban J connectivity index is 2.46. The van der Waals surface area contributed by atoms with Crippen molar-refractivity contribution in [3.8, 4) is 0 Å². The fourth-order valence-electron chi connectivity index (χ4n) is 3.03. The summed E-state index contributed by atoms with van der Waals surface area (Å²) in [5.41, 5.74) is 0.341. The monoisotopic (exact) mass is 232 g/mol. The molecule has 0 bridgehead atoms. The lowest BCUT2D eigenvalue weighted by atomic mass is 9.64. The number of aliphatic hydroxyl groups excluding tert-OH is 1. The Hall–Kier alpha value is -1.15. The van der Waals surface area contributed by atoms with E-state index in [0.29, 0.717) is 6.42 Å². The van der Waals surface area contributed by atoms with Gasteiger partial charge in [-0.3, -0.25) is 4.79 Å². The molecule has 2 heteroatoms. The molecule has 1 N–H and O–H groups in total. The van der Waals surface area contributed by atoms with E-state index in [2.05, 4.69) is 0 Å². The number of aliphatic hydroxyl groups is 1. The summed E-state index contributed by atoms with van der Waals surface area (Å²) in [5.74, 6) is 0.177. The minimum atomic E-state index is -0.645. The molecule has 1 aromatic carbocycles. The van der Waals surface area contributed by atoms with Crippen LogP contribution in [0.25, 0.3) is 0 Å². The zero-order chi connectivity index (χ0) is 12.3. The average Bonchev–Trinajstić information content (AvgIpc) is 2.39. The second kappa shape index (κ2) is 5.01. The van der Waals surface area contributed by atoms with Crippen LogP contribution in [0.2, 0.25) is 0 Å². The number of ketones is 1. The van der Waals surface area contributed by atoms with E-state index in [1.807, 2.05) is 37.3 Å². The van der Waals surface area contributed by atoms with Crippen LogP contribution in [-0.2, 0) is 10.2 Å². The summed E-state index contributed by atoms with van der Waals surface area (Å²) in [5, 5.41) is 10.4. The normalized spacial score (nSPS) is 28.9. The van der Waals surface area contributed by atoms with Crippen molar-refractivity contribution >= 4 is 5.78 Å². The molecule has 1 aliphatic carbocycles. The van der Waals surface area contributed by atoms with Crippen molar-refractivity contribution in [2.45, 2.75) is 50.5 Å². The zero-order valence-corrected chi connectivity index (χ0v) is 10.4. The van der Waals surface area contributed by atoms with Gasteiger partial charge < -0.3 is 5.11 Å². The summed E-state index contributed by atoms with van der Waals surface area (Å²) in [7, 11) is 0. The molecule has 2 nitrogen and oxygen atoms in total. The predicted octanol–water partition coefficient (Wildman–Crippen LogP) is 2.84. The lowest BCUT2D eigenvalue weighted by Gasteiger charge is -2.40. The second-order valence-corrected chi connectivity index (χ2v) is 4.88. The Labute approximate surface area is 103 Å². The fourth-order valence-corrected chi connectivity index (χ4v) is 3.03. The summed E-state index contributed by atoms with van der Waals surface area (Å²) in [6.07, 6.45) is 3.54. The molecule has 0 saturated heterocycles. The first kappa shape index (κ1) is 12.3. The van der Waals surface area contributed by atoms with E-state index in [4.69, 9.17) is 0 Å². The molecule has 1 aliphatic rings. The molecule has 0 radical (unpaired) electrons. The molecule has 1 aromatic rings. The molecule has 0 aromatic heterocycles. The molecule has 2 rings (SSSR count). The van der Waals surface area contributed by atoms with Gasteiger partial charge in [0.15, 0.2) is 0 Å². The third-order valence-corrected chi connectivity index (χ3v) is 3.98. The van der Waals surface area contributed by atoms with E-state index in [1.165, 1.54) is 0 Å². The standard InChI is InChI=1S/C15H20O2/c1-2-13(16)15(11-7-6-10-14(15)17)12-8-4-3-5-9-12/h3-5,8-9,14,17H,2,6-7,10-11H2,1H3. The van der Waals surface area contributed by atoms with Crippen LogP contribution in [-0.4, -0.2) is 17.0 Å². The molecule has 0 amide bonds. The van der Waals surface area contributed by atoms with E-state index >= 15 is 0 Å². The predicted molar refractivity (Wildman–Crippen MR) is 67.9 cm³/mol. The van der Waals surface area contributed by atoms with Crippen molar-refractivity contribution in [3.63, 3.8) is 0 Å². The summed E-state index contributed by atoms with van der Waals surface area (Å²) in [6, 6.07) is 9.79. The van der Waals surface area contributed by atoms with Crippen molar-refractivity contribution < 1.29 is 9.90 Å². The van der Waals surface area contributed by atoms with E-state index in [1.54, 1.807) is 0 Å². The highest BCUT2D eigenvalue weighted by molar-refractivity contribution is 5.90. The molecule has 17 heavy (non-hydrogen) atoms. The van der Waals surface area contributed by atoms with Crippen molar-refractivity contribution in [1.29, 1.82) is 0 Å². The second-order valence-electron chi connectivity index (χ2n) is 4.88. The number of Topliss-reactive ketones (excluding diaryl/α,β-unsaturated/α-hetero) is 1. The first-order valence-electron chi connectivity index (χ1n) is 6.48. The van der Waals surface area contributed by atoms with E-state index in [0.717, 1.165) is 31.2 Å². The molecule has 2 unspecified atom stereocenters. The highest BCUT2D eigenvalue weighted by atomic mass is 16.3. The number of carbonyl (C=O) groups is 1. The molecule has 0 aliphatic heterocycles. The number of hydrogen-bond acceptors (Lipinski definition) is 2. The van der Waals surface area contributed by atoms with Gasteiger partial charge in [-0.05, 0) is 18.4 Å². The van der Waals surface area contributed by atoms with Crippen molar-refractivity contribution in [2.75, 3.05) is 0 Å². The average molecular weight is 232 g/mol. The van der Waals surface area contributed by atoms with Gasteiger partial charge in [-0.1, -0.05) is 50.1 Å². The largest absolute Gasteiger partial charge is 0.392 e. The van der Waals surface area contributed by atoms with Crippen LogP contribution in [0.3, 0.4) is 0 Å². The van der Waals surface area contributed by atoms with Crippen molar-refractivity contribution in [1.82, 2.24) is 0 Å². The minimum Gasteiger partial charge on any atom is -0.392 e. The molecule has 2 atom stereocenters. The molecule has 0 heterocycles. The number of rotatable bonds is 3. The Morgan fingerprint density at radius 3 is 2.65 bits per heavy atom. The van der Waals surface area contributed by atoms with Gasteiger partial charge in [-0.2, -0.15) is 0 Å². The van der Waals surface area contributed by atoms with Gasteiger partial charge in [0.05, 0.1) is 11.5 Å². The van der Waals surface area contributed by atoms with Gasteiger partial charge in [-0.25, -0.2) is 0 Å². The van der Waals surface area contributed by atoms with Crippen LogP contribution in [0.5, 0.6) is 0 Å². The highest BCUT2D eigenvalue weighted by Gasteiger charge is 2.46. The summed E-state index contributed by atoms with van der Waals surface area (Å²) in [4.78, 5) is 12.3. The topological polar surface area (TPSA) is 37.3 Å². The number of benzene rings is 1. The quantitative estimate of drug-likeness (QED) is 0.870. The van der Waals surface area contributed by atoms with Crippen LogP contribution in [0.4, 0.5) is 0 Å². The van der Waals surface area contributed by atoms with Gasteiger partial charge in [0.1, 0.15) is 5.78 Å². The third kappa shape index (κ3) is 2.02. The Kier molecular flexibility index (Phi) is 3.63. The van der Waals surface area contributed by atoms with Gasteiger partial charge in [0, 0.05) is 6.42 Å². The van der Waals surface area contributed by atoms with Gasteiger partial charge in [0.25, 0.3) is 0 Å². The Bertz CT molecular complexity index is 385. The SMILES string of the molecule is CCC(=O)C1(c2ccccc2)CCCCC1O. The lowest BCUT2D eigenvalue weighted by molar-refractivity contribution is -0.130. The van der Waals surface area contributed by atoms with Crippen molar-refractivity contribution in [3.05, 3.63) is 35.9 Å². The maximum atomic E-state index is 12.3. The summed E-state index contributed by atoms with van der Waals surface area (Å²) in [6.45, 7) is 1.88. The summed E-state index contributed by atoms with van der Waals surface area (Å²) < 4.78 is 0. The first-order chi connectivity index (χ1) is 8.21. The van der Waals surface area contributed by atoms with E-state index < -0.39 is 11.5 Å². The maximum Gasteiger partial charge on any atom is 0.145 e. The third-order valence-electron chi connectivity index (χ3n) is 3.98. The molecular weight excluding hydrogens is 212 g/mol. The zero-order valence-electron chi connectivity index (χ0n) is 10.4. The van der Waals surface area contributed by atoms with Gasteiger partial charge in [0.2, 0.25) is 0 Å². The van der Waals surface area contributed by atoms with E-state index in [9.17, 15) is 9.90 Å². The van der Waals surface area contributed by atoms with Gasteiger partial charge in [-0.15, -0.1) is 0 Å². The van der Waals surface area contributed by atoms with Crippen LogP contribution < -0.4 is 0 Å². The molecule has 1 fully saturated rings. The van der Waals surface area contributed by atoms with Crippen LogP contribution in [0, 0.1) is 0 Å². The Morgan fingerprint density at radius 1 is 1.35 bits per heavy atom. The Morgan fingerprint density at radius 2 is 2.06 bits per heavy atom. The van der Waals surface area contributed by atoms with E-state index in [-0.39, 0.29) is 5.78 Å². The molecule has 1 saturated carbocycles.